The van der Waals surface area contributed by atoms with Crippen LogP contribution in [0.15, 0.2) is 6.07 Å². The molecular formula is C15H25N3O. The van der Waals surface area contributed by atoms with Gasteiger partial charge in [0.1, 0.15) is 0 Å². The fourth-order valence-electron chi connectivity index (χ4n) is 2.75. The molecule has 1 aliphatic carbocycles. The molecule has 0 unspecified atom stereocenters. The first-order valence-corrected chi connectivity index (χ1v) is 7.25. The van der Waals surface area contributed by atoms with E-state index in [2.05, 4.69) is 29.1 Å². The van der Waals surface area contributed by atoms with E-state index < -0.39 is 0 Å². The van der Waals surface area contributed by atoms with Crippen LogP contribution in [0.4, 0.5) is 5.95 Å². The summed E-state index contributed by atoms with van der Waals surface area (Å²) in [5.74, 6) is 1.10. The maximum Gasteiger partial charge on any atom is 0.223 e. The fraction of sp³-hybridized carbons (Fsp3) is 0.733. The molecule has 1 aromatic rings. The summed E-state index contributed by atoms with van der Waals surface area (Å²) in [5.41, 5.74) is 2.09. The summed E-state index contributed by atoms with van der Waals surface area (Å²) >= 11 is 0. The molecule has 2 N–H and O–H groups in total. The van der Waals surface area contributed by atoms with Crippen LogP contribution in [0.1, 0.15) is 56.8 Å². The Hall–Kier alpha value is -1.16. The van der Waals surface area contributed by atoms with Crippen LogP contribution in [0.25, 0.3) is 0 Å². The fourth-order valence-corrected chi connectivity index (χ4v) is 2.75. The molecule has 0 saturated heterocycles. The lowest BCUT2D eigenvalue weighted by Crippen LogP contribution is -2.31. The first-order chi connectivity index (χ1) is 9.04. The second-order valence-electron chi connectivity index (χ2n) is 6.13. The number of aromatic nitrogens is 2. The van der Waals surface area contributed by atoms with Crippen LogP contribution in [0.3, 0.4) is 0 Å². The Labute approximate surface area is 115 Å². The Morgan fingerprint density at radius 3 is 2.58 bits per heavy atom. The number of rotatable bonds is 5. The molecular weight excluding hydrogens is 238 g/mol. The number of hydrogen-bond acceptors (Lipinski definition) is 4. The monoisotopic (exact) mass is 263 g/mol. The molecule has 4 heteroatoms. The van der Waals surface area contributed by atoms with Gasteiger partial charge in [-0.3, -0.25) is 0 Å². The number of nitrogens with zero attached hydrogens (tertiary/aromatic N) is 2. The van der Waals surface area contributed by atoms with E-state index in [1.165, 1.54) is 12.8 Å². The largest absolute Gasteiger partial charge is 0.396 e. The summed E-state index contributed by atoms with van der Waals surface area (Å²) in [7, 11) is 0. The highest BCUT2D eigenvalue weighted by atomic mass is 16.3. The number of hydrogen-bond donors (Lipinski definition) is 2. The van der Waals surface area contributed by atoms with Crippen LogP contribution in [0.5, 0.6) is 0 Å². The molecule has 2 rings (SSSR count). The predicted octanol–water partition coefficient (Wildman–Crippen LogP) is 2.87. The minimum Gasteiger partial charge on any atom is -0.396 e. The minimum absolute atomic E-state index is 0.0328. The van der Waals surface area contributed by atoms with Crippen LogP contribution in [0.2, 0.25) is 0 Å². The summed E-state index contributed by atoms with van der Waals surface area (Å²) in [6.07, 6.45) is 4.63. The maximum atomic E-state index is 9.61. The predicted molar refractivity (Wildman–Crippen MR) is 77.3 cm³/mol. The third-order valence-electron chi connectivity index (χ3n) is 4.09. The Kier molecular flexibility index (Phi) is 4.40. The van der Waals surface area contributed by atoms with E-state index in [-0.39, 0.29) is 12.0 Å². The molecule has 1 aliphatic rings. The highest BCUT2D eigenvalue weighted by Gasteiger charge is 2.33. The molecule has 19 heavy (non-hydrogen) atoms. The van der Waals surface area contributed by atoms with Crippen LogP contribution in [-0.4, -0.2) is 28.2 Å². The molecule has 0 atom stereocenters. The highest BCUT2D eigenvalue weighted by Crippen LogP contribution is 2.37. The summed E-state index contributed by atoms with van der Waals surface area (Å²) < 4.78 is 0. The van der Waals surface area contributed by atoms with E-state index in [1.807, 2.05) is 13.0 Å². The van der Waals surface area contributed by atoms with Crippen LogP contribution >= 0.6 is 0 Å². The zero-order valence-electron chi connectivity index (χ0n) is 12.2. The number of aliphatic hydroxyl groups is 1. The lowest BCUT2D eigenvalue weighted by Gasteiger charge is -2.26. The average Bonchev–Trinajstić information content (AvgIpc) is 2.85. The normalized spacial score (nSPS) is 17.9. The maximum absolute atomic E-state index is 9.61. The zero-order chi connectivity index (χ0) is 13.9. The van der Waals surface area contributed by atoms with Crippen molar-refractivity contribution in [3.8, 4) is 0 Å². The Morgan fingerprint density at radius 2 is 2.00 bits per heavy atom. The Morgan fingerprint density at radius 1 is 1.32 bits per heavy atom. The third-order valence-corrected chi connectivity index (χ3v) is 4.09. The molecule has 106 valence electrons. The molecule has 0 radical (unpaired) electrons. The Bertz CT molecular complexity index is 425. The first-order valence-electron chi connectivity index (χ1n) is 7.25. The van der Waals surface area contributed by atoms with E-state index in [0.29, 0.717) is 11.9 Å². The number of nitrogens with one attached hydrogen (secondary N) is 1. The van der Waals surface area contributed by atoms with Gasteiger partial charge in [-0.1, -0.05) is 26.7 Å². The van der Waals surface area contributed by atoms with Crippen molar-refractivity contribution in [2.45, 2.75) is 52.4 Å². The van der Waals surface area contributed by atoms with E-state index in [1.54, 1.807) is 0 Å². The van der Waals surface area contributed by atoms with Crippen molar-refractivity contribution in [2.75, 3.05) is 18.5 Å². The van der Waals surface area contributed by atoms with Gasteiger partial charge in [-0.15, -0.1) is 0 Å². The molecule has 0 bridgehead atoms. The summed E-state index contributed by atoms with van der Waals surface area (Å²) in [5, 5.41) is 12.9. The van der Waals surface area contributed by atoms with Gasteiger partial charge in [0.05, 0.1) is 6.61 Å². The second-order valence-corrected chi connectivity index (χ2v) is 6.13. The second kappa shape index (κ2) is 5.87. The molecule has 0 amide bonds. The number of aryl methyl sites for hydroxylation is 1. The number of anilines is 1. The quantitative estimate of drug-likeness (QED) is 0.857. The number of aliphatic hydroxyl groups excluding tert-OH is 1. The van der Waals surface area contributed by atoms with Crippen molar-refractivity contribution in [3.63, 3.8) is 0 Å². The summed E-state index contributed by atoms with van der Waals surface area (Å²) in [6, 6.07) is 2.03. The van der Waals surface area contributed by atoms with Crippen molar-refractivity contribution in [1.29, 1.82) is 0 Å². The van der Waals surface area contributed by atoms with Gasteiger partial charge in [-0.2, -0.15) is 0 Å². The lowest BCUT2D eigenvalue weighted by molar-refractivity contribution is 0.142. The molecule has 1 saturated carbocycles. The van der Waals surface area contributed by atoms with E-state index >= 15 is 0 Å². The molecule has 4 nitrogen and oxygen atoms in total. The molecule has 0 aromatic carbocycles. The van der Waals surface area contributed by atoms with E-state index in [9.17, 15) is 5.11 Å². The van der Waals surface area contributed by atoms with Crippen molar-refractivity contribution in [1.82, 2.24) is 9.97 Å². The Balaban J connectivity index is 2.06. The van der Waals surface area contributed by atoms with Gasteiger partial charge < -0.3 is 10.4 Å². The van der Waals surface area contributed by atoms with Gasteiger partial charge in [0.15, 0.2) is 0 Å². The minimum atomic E-state index is 0.0328. The summed E-state index contributed by atoms with van der Waals surface area (Å²) in [4.78, 5) is 8.99. The lowest BCUT2D eigenvalue weighted by atomic mass is 9.87. The van der Waals surface area contributed by atoms with Gasteiger partial charge in [0, 0.05) is 23.3 Å². The van der Waals surface area contributed by atoms with Crippen molar-refractivity contribution >= 4 is 5.95 Å². The molecule has 1 fully saturated rings. The smallest absolute Gasteiger partial charge is 0.223 e. The molecule has 0 spiro atoms. The first kappa shape index (κ1) is 14.3. The van der Waals surface area contributed by atoms with Gasteiger partial charge >= 0.3 is 0 Å². The van der Waals surface area contributed by atoms with Gasteiger partial charge in [0.2, 0.25) is 5.95 Å². The SMILES string of the molecule is Cc1cc(C(C)C)nc(NCC2(CO)CCCC2)n1. The van der Waals surface area contributed by atoms with Gasteiger partial charge in [0.25, 0.3) is 0 Å². The van der Waals surface area contributed by atoms with Gasteiger partial charge in [-0.05, 0) is 31.7 Å². The van der Waals surface area contributed by atoms with Crippen LogP contribution < -0.4 is 5.32 Å². The van der Waals surface area contributed by atoms with E-state index in [0.717, 1.165) is 30.8 Å². The average molecular weight is 263 g/mol. The van der Waals surface area contributed by atoms with Gasteiger partial charge in [-0.25, -0.2) is 9.97 Å². The standard InChI is InChI=1S/C15H25N3O/c1-11(2)13-8-12(3)17-14(18-13)16-9-15(10-19)6-4-5-7-15/h8,11,19H,4-7,9-10H2,1-3H3,(H,16,17,18). The van der Waals surface area contributed by atoms with Crippen molar-refractivity contribution in [2.24, 2.45) is 5.41 Å². The zero-order valence-corrected chi connectivity index (χ0v) is 12.2. The summed E-state index contributed by atoms with van der Waals surface area (Å²) in [6.45, 7) is 7.29. The van der Waals surface area contributed by atoms with Crippen LogP contribution in [0, 0.1) is 12.3 Å². The molecule has 1 aromatic heterocycles. The van der Waals surface area contributed by atoms with Crippen molar-refractivity contribution < 1.29 is 5.11 Å². The highest BCUT2D eigenvalue weighted by molar-refractivity contribution is 5.29. The topological polar surface area (TPSA) is 58.0 Å². The van der Waals surface area contributed by atoms with Crippen LogP contribution in [-0.2, 0) is 0 Å². The van der Waals surface area contributed by atoms with E-state index in [4.69, 9.17) is 0 Å². The van der Waals surface area contributed by atoms with Crippen molar-refractivity contribution in [3.05, 3.63) is 17.5 Å². The third kappa shape index (κ3) is 3.44. The molecule has 1 heterocycles. The molecule has 0 aliphatic heterocycles.